The van der Waals surface area contributed by atoms with Crippen LogP contribution in [0, 0.1) is 0 Å². The molecule has 1 aromatic carbocycles. The highest BCUT2D eigenvalue weighted by Crippen LogP contribution is 2.13. The quantitative estimate of drug-likeness (QED) is 0.509. The molecule has 1 aromatic rings. The Morgan fingerprint density at radius 2 is 2.00 bits per heavy atom. The van der Waals surface area contributed by atoms with Gasteiger partial charge in [0.05, 0.1) is 19.7 Å². The normalized spacial score (nSPS) is 14.8. The van der Waals surface area contributed by atoms with Crippen LogP contribution >= 0.6 is 0 Å². The SMILES string of the molecule is CC(=O)OCC(=O)NCCCOc1cccc(C[NH+]2CCCCC2)c1. The van der Waals surface area contributed by atoms with Crippen molar-refractivity contribution in [3.05, 3.63) is 29.8 Å². The topological polar surface area (TPSA) is 69.1 Å². The number of hydrogen-bond donors (Lipinski definition) is 2. The van der Waals surface area contributed by atoms with Crippen molar-refractivity contribution in [2.45, 2.75) is 39.2 Å². The van der Waals surface area contributed by atoms with E-state index in [1.807, 2.05) is 12.1 Å². The van der Waals surface area contributed by atoms with Crippen LogP contribution in [0.25, 0.3) is 0 Å². The van der Waals surface area contributed by atoms with Crippen LogP contribution in [0.4, 0.5) is 0 Å². The molecule has 25 heavy (non-hydrogen) atoms. The molecule has 1 fully saturated rings. The molecular formula is C19H29N2O4+. The Bertz CT molecular complexity index is 556. The summed E-state index contributed by atoms with van der Waals surface area (Å²) in [6.07, 6.45) is 4.72. The van der Waals surface area contributed by atoms with Gasteiger partial charge in [-0.2, -0.15) is 0 Å². The Kier molecular flexibility index (Phi) is 8.25. The van der Waals surface area contributed by atoms with Crippen LogP contribution < -0.4 is 15.0 Å². The standard InChI is InChI=1S/C19H28N2O4/c1-16(22)25-15-19(23)20-9-6-12-24-18-8-5-7-17(13-18)14-21-10-3-2-4-11-21/h5,7-8,13H,2-4,6,9-12,14-15H2,1H3,(H,20,23)/p+1. The lowest BCUT2D eigenvalue weighted by atomic mass is 10.1. The van der Waals surface area contributed by atoms with Gasteiger partial charge in [-0.25, -0.2) is 0 Å². The van der Waals surface area contributed by atoms with Crippen LogP contribution in [0.5, 0.6) is 5.75 Å². The zero-order chi connectivity index (χ0) is 17.9. The molecule has 1 amide bonds. The predicted molar refractivity (Wildman–Crippen MR) is 94.4 cm³/mol. The molecule has 2 N–H and O–H groups in total. The number of likely N-dealkylation sites (tertiary alicyclic amines) is 1. The molecule has 0 aromatic heterocycles. The minimum absolute atomic E-state index is 0.225. The number of carbonyl (C=O) groups is 2. The van der Waals surface area contributed by atoms with Gasteiger partial charge in [-0.3, -0.25) is 9.59 Å². The number of hydrogen-bond acceptors (Lipinski definition) is 4. The molecule has 0 aliphatic carbocycles. The molecule has 0 spiro atoms. The molecule has 138 valence electrons. The van der Waals surface area contributed by atoms with Crippen LogP contribution in [-0.2, 0) is 20.9 Å². The maximum atomic E-state index is 11.4. The number of ether oxygens (including phenoxy) is 2. The number of piperidine rings is 1. The summed E-state index contributed by atoms with van der Waals surface area (Å²) >= 11 is 0. The molecule has 0 unspecified atom stereocenters. The minimum Gasteiger partial charge on any atom is -0.494 e. The van der Waals surface area contributed by atoms with E-state index in [2.05, 4.69) is 22.2 Å². The van der Waals surface area contributed by atoms with Gasteiger partial charge in [-0.15, -0.1) is 0 Å². The third-order valence-electron chi connectivity index (χ3n) is 4.23. The van der Waals surface area contributed by atoms with E-state index in [4.69, 9.17) is 4.74 Å². The first-order valence-electron chi connectivity index (χ1n) is 9.09. The van der Waals surface area contributed by atoms with Gasteiger partial charge in [0, 0.05) is 19.0 Å². The van der Waals surface area contributed by atoms with Crippen LogP contribution in [0.15, 0.2) is 24.3 Å². The first kappa shape index (κ1) is 19.2. The fraction of sp³-hybridized carbons (Fsp3) is 0.579. The number of amides is 1. The van der Waals surface area contributed by atoms with Crippen molar-refractivity contribution in [2.24, 2.45) is 0 Å². The number of rotatable bonds is 9. The van der Waals surface area contributed by atoms with Crippen molar-refractivity contribution >= 4 is 11.9 Å². The molecule has 1 aliphatic heterocycles. The predicted octanol–water partition coefficient (Wildman–Crippen LogP) is 0.704. The molecule has 0 radical (unpaired) electrons. The number of benzene rings is 1. The Labute approximate surface area is 149 Å². The highest BCUT2D eigenvalue weighted by molar-refractivity contribution is 5.79. The third-order valence-corrected chi connectivity index (χ3v) is 4.23. The van der Waals surface area contributed by atoms with Gasteiger partial charge >= 0.3 is 5.97 Å². The zero-order valence-corrected chi connectivity index (χ0v) is 15.0. The van der Waals surface area contributed by atoms with E-state index in [9.17, 15) is 9.59 Å². The summed E-state index contributed by atoms with van der Waals surface area (Å²) < 4.78 is 10.4. The summed E-state index contributed by atoms with van der Waals surface area (Å²) in [6.45, 7) is 5.67. The van der Waals surface area contributed by atoms with Crippen molar-refractivity contribution in [3.63, 3.8) is 0 Å². The molecule has 0 saturated carbocycles. The fourth-order valence-electron chi connectivity index (χ4n) is 2.97. The Morgan fingerprint density at radius 3 is 2.76 bits per heavy atom. The average Bonchev–Trinajstić information content (AvgIpc) is 2.61. The fourth-order valence-corrected chi connectivity index (χ4v) is 2.97. The Balaban J connectivity index is 1.63. The van der Waals surface area contributed by atoms with Gasteiger partial charge in [0.1, 0.15) is 12.3 Å². The maximum absolute atomic E-state index is 11.4. The second-order valence-corrected chi connectivity index (χ2v) is 6.47. The minimum atomic E-state index is -0.454. The van der Waals surface area contributed by atoms with E-state index in [0.29, 0.717) is 19.6 Å². The number of nitrogens with one attached hydrogen (secondary N) is 2. The van der Waals surface area contributed by atoms with Gasteiger partial charge in [0.25, 0.3) is 5.91 Å². The molecule has 2 rings (SSSR count). The summed E-state index contributed by atoms with van der Waals surface area (Å²) in [6, 6.07) is 8.27. The molecule has 6 heteroatoms. The summed E-state index contributed by atoms with van der Waals surface area (Å²) in [4.78, 5) is 23.6. The van der Waals surface area contributed by atoms with Gasteiger partial charge in [-0.1, -0.05) is 12.1 Å². The molecule has 1 saturated heterocycles. The van der Waals surface area contributed by atoms with E-state index in [1.165, 1.54) is 44.8 Å². The van der Waals surface area contributed by atoms with Crippen molar-refractivity contribution < 1.29 is 24.0 Å². The molecule has 1 heterocycles. The van der Waals surface area contributed by atoms with Crippen molar-refractivity contribution in [2.75, 3.05) is 32.8 Å². The monoisotopic (exact) mass is 349 g/mol. The smallest absolute Gasteiger partial charge is 0.303 e. The highest BCUT2D eigenvalue weighted by Gasteiger charge is 2.14. The number of carbonyl (C=O) groups excluding carboxylic acids is 2. The van der Waals surface area contributed by atoms with Crippen LogP contribution in [0.2, 0.25) is 0 Å². The largest absolute Gasteiger partial charge is 0.494 e. The maximum Gasteiger partial charge on any atom is 0.303 e. The molecule has 0 atom stereocenters. The first-order valence-corrected chi connectivity index (χ1v) is 9.09. The van der Waals surface area contributed by atoms with Crippen LogP contribution in [0.3, 0.4) is 0 Å². The summed E-state index contributed by atoms with van der Waals surface area (Å²) in [5, 5.41) is 2.69. The van der Waals surface area contributed by atoms with Gasteiger partial charge in [-0.05, 0) is 37.8 Å². The lowest BCUT2D eigenvalue weighted by molar-refractivity contribution is -0.918. The summed E-state index contributed by atoms with van der Waals surface area (Å²) in [5.74, 6) is 0.131. The van der Waals surface area contributed by atoms with Crippen molar-refractivity contribution in [1.29, 1.82) is 0 Å². The Hall–Kier alpha value is -2.08. The Morgan fingerprint density at radius 1 is 1.20 bits per heavy atom. The number of quaternary nitrogens is 1. The van der Waals surface area contributed by atoms with Crippen molar-refractivity contribution in [3.8, 4) is 5.75 Å². The van der Waals surface area contributed by atoms with Gasteiger partial charge < -0.3 is 19.7 Å². The third kappa shape index (κ3) is 8.03. The molecular weight excluding hydrogens is 320 g/mol. The van der Waals surface area contributed by atoms with E-state index >= 15 is 0 Å². The first-order chi connectivity index (χ1) is 12.1. The van der Waals surface area contributed by atoms with Crippen LogP contribution in [0.1, 0.15) is 38.2 Å². The van der Waals surface area contributed by atoms with E-state index in [0.717, 1.165) is 12.3 Å². The summed E-state index contributed by atoms with van der Waals surface area (Å²) in [7, 11) is 0. The lowest BCUT2D eigenvalue weighted by Gasteiger charge is -2.23. The molecule has 0 bridgehead atoms. The van der Waals surface area contributed by atoms with Gasteiger partial charge in [0.2, 0.25) is 0 Å². The van der Waals surface area contributed by atoms with Crippen LogP contribution in [-0.4, -0.2) is 44.7 Å². The zero-order valence-electron chi connectivity index (χ0n) is 15.0. The lowest BCUT2D eigenvalue weighted by Crippen LogP contribution is -3.11. The average molecular weight is 349 g/mol. The second kappa shape index (κ2) is 10.7. The second-order valence-electron chi connectivity index (χ2n) is 6.47. The van der Waals surface area contributed by atoms with Crippen molar-refractivity contribution in [1.82, 2.24) is 5.32 Å². The highest BCUT2D eigenvalue weighted by atomic mass is 16.5. The molecule has 1 aliphatic rings. The van der Waals surface area contributed by atoms with E-state index in [1.54, 1.807) is 4.90 Å². The van der Waals surface area contributed by atoms with E-state index in [-0.39, 0.29) is 12.5 Å². The summed E-state index contributed by atoms with van der Waals surface area (Å²) in [5.41, 5.74) is 1.31. The van der Waals surface area contributed by atoms with Gasteiger partial charge in [0.15, 0.2) is 6.61 Å². The number of esters is 1. The van der Waals surface area contributed by atoms with E-state index < -0.39 is 5.97 Å². The molecule has 6 nitrogen and oxygen atoms in total.